The predicted molar refractivity (Wildman–Crippen MR) is 105 cm³/mol. The minimum Gasteiger partial charge on any atom is -0.346 e. The summed E-state index contributed by atoms with van der Waals surface area (Å²) in [4.78, 5) is 29.3. The van der Waals surface area contributed by atoms with Crippen molar-refractivity contribution in [2.75, 3.05) is 4.90 Å². The molecular weight excluding hydrogens is 376 g/mol. The number of rotatable bonds is 5. The summed E-state index contributed by atoms with van der Waals surface area (Å²) in [6, 6.07) is 11.2. The summed E-state index contributed by atoms with van der Waals surface area (Å²) in [6.45, 7) is 2.44. The van der Waals surface area contributed by atoms with Crippen molar-refractivity contribution >= 4 is 16.7 Å². The van der Waals surface area contributed by atoms with E-state index in [1.165, 1.54) is 12.1 Å². The van der Waals surface area contributed by atoms with Crippen molar-refractivity contribution in [3.8, 4) is 0 Å². The third-order valence-corrected chi connectivity index (χ3v) is 4.52. The molecule has 146 valence electrons. The van der Waals surface area contributed by atoms with Crippen LogP contribution < -0.4 is 10.5 Å². The molecule has 8 heteroatoms. The Balaban J connectivity index is 1.80. The summed E-state index contributed by atoms with van der Waals surface area (Å²) >= 11 is 0. The number of pyridine rings is 2. The number of halogens is 2. The summed E-state index contributed by atoms with van der Waals surface area (Å²) in [5.41, 5.74) is 0.697. The van der Waals surface area contributed by atoms with Gasteiger partial charge in [0.2, 0.25) is 5.56 Å². The fourth-order valence-electron chi connectivity index (χ4n) is 3.20. The normalized spacial score (nSPS) is 11.0. The van der Waals surface area contributed by atoms with Gasteiger partial charge in [-0.05, 0) is 42.8 Å². The maximum absolute atomic E-state index is 14.2. The SMILES string of the molecule is Cc1nccc(N(Cc2ccccn2)Cc2cc(=O)[nH]c3c(F)c(F)ccc23)n1. The van der Waals surface area contributed by atoms with Crippen molar-refractivity contribution in [2.24, 2.45) is 0 Å². The first-order chi connectivity index (χ1) is 14.0. The molecule has 29 heavy (non-hydrogen) atoms. The Hall–Kier alpha value is -3.68. The molecule has 0 saturated carbocycles. The highest BCUT2D eigenvalue weighted by Gasteiger charge is 2.16. The van der Waals surface area contributed by atoms with Crippen molar-refractivity contribution in [3.05, 3.63) is 93.9 Å². The van der Waals surface area contributed by atoms with Crippen LogP contribution >= 0.6 is 0 Å². The van der Waals surface area contributed by atoms with Crippen LogP contribution in [0.5, 0.6) is 0 Å². The average Bonchev–Trinajstić information content (AvgIpc) is 2.71. The minimum atomic E-state index is -1.07. The fraction of sp³-hybridized carbons (Fsp3) is 0.143. The maximum atomic E-state index is 14.2. The lowest BCUT2D eigenvalue weighted by Crippen LogP contribution is -2.25. The molecule has 0 saturated heterocycles. The molecule has 6 nitrogen and oxygen atoms in total. The molecule has 0 bridgehead atoms. The van der Waals surface area contributed by atoms with E-state index in [-0.39, 0.29) is 12.1 Å². The number of aryl methyl sites for hydroxylation is 1. The largest absolute Gasteiger partial charge is 0.346 e. The van der Waals surface area contributed by atoms with E-state index in [1.54, 1.807) is 25.4 Å². The molecule has 0 amide bonds. The second-order valence-corrected chi connectivity index (χ2v) is 6.58. The Morgan fingerprint density at radius 3 is 2.66 bits per heavy atom. The quantitative estimate of drug-likeness (QED) is 0.562. The first-order valence-corrected chi connectivity index (χ1v) is 8.95. The van der Waals surface area contributed by atoms with E-state index in [1.807, 2.05) is 23.1 Å². The zero-order valence-corrected chi connectivity index (χ0v) is 15.6. The van der Waals surface area contributed by atoms with Gasteiger partial charge in [-0.15, -0.1) is 0 Å². The molecule has 0 radical (unpaired) electrons. The molecule has 4 aromatic rings. The van der Waals surface area contributed by atoms with Crippen molar-refractivity contribution in [2.45, 2.75) is 20.0 Å². The van der Waals surface area contributed by atoms with Crippen LogP contribution in [0.2, 0.25) is 0 Å². The lowest BCUT2D eigenvalue weighted by Gasteiger charge is -2.24. The second kappa shape index (κ2) is 7.75. The van der Waals surface area contributed by atoms with Gasteiger partial charge in [0.25, 0.3) is 0 Å². The van der Waals surface area contributed by atoms with E-state index < -0.39 is 17.2 Å². The minimum absolute atomic E-state index is 0.149. The second-order valence-electron chi connectivity index (χ2n) is 6.58. The van der Waals surface area contributed by atoms with Gasteiger partial charge in [0.1, 0.15) is 11.6 Å². The van der Waals surface area contributed by atoms with Crippen LogP contribution in [-0.2, 0) is 13.1 Å². The Kier molecular flexibility index (Phi) is 4.99. The number of fused-ring (bicyclic) bond motifs is 1. The highest BCUT2D eigenvalue weighted by atomic mass is 19.2. The van der Waals surface area contributed by atoms with Crippen molar-refractivity contribution in [1.82, 2.24) is 19.9 Å². The van der Waals surface area contributed by atoms with Crippen LogP contribution in [0, 0.1) is 18.6 Å². The van der Waals surface area contributed by atoms with E-state index >= 15 is 0 Å². The average molecular weight is 393 g/mol. The Labute approximate surface area is 164 Å². The molecular formula is C21H17F2N5O. The van der Waals surface area contributed by atoms with Crippen LogP contribution in [0.25, 0.3) is 10.9 Å². The van der Waals surface area contributed by atoms with Gasteiger partial charge in [-0.3, -0.25) is 9.78 Å². The molecule has 0 spiro atoms. The third-order valence-electron chi connectivity index (χ3n) is 4.52. The molecule has 0 unspecified atom stereocenters. The molecule has 0 atom stereocenters. The molecule has 1 N–H and O–H groups in total. The molecule has 0 aliphatic carbocycles. The van der Waals surface area contributed by atoms with E-state index in [4.69, 9.17) is 0 Å². The summed E-state index contributed by atoms with van der Waals surface area (Å²) < 4.78 is 27.9. The number of benzene rings is 1. The first-order valence-electron chi connectivity index (χ1n) is 8.95. The van der Waals surface area contributed by atoms with E-state index in [0.29, 0.717) is 29.1 Å². The van der Waals surface area contributed by atoms with Gasteiger partial charge in [0.15, 0.2) is 11.6 Å². The Morgan fingerprint density at radius 2 is 1.90 bits per heavy atom. The topological polar surface area (TPSA) is 74.8 Å². The monoisotopic (exact) mass is 393 g/mol. The molecule has 1 aromatic carbocycles. The van der Waals surface area contributed by atoms with Crippen LogP contribution in [0.4, 0.5) is 14.6 Å². The van der Waals surface area contributed by atoms with E-state index in [0.717, 1.165) is 11.8 Å². The third kappa shape index (κ3) is 3.96. The predicted octanol–water partition coefficient (Wildman–Crippen LogP) is 3.51. The number of hydrogen-bond acceptors (Lipinski definition) is 5. The Morgan fingerprint density at radius 1 is 1.03 bits per heavy atom. The number of anilines is 1. The summed E-state index contributed by atoms with van der Waals surface area (Å²) in [6.07, 6.45) is 3.34. The lowest BCUT2D eigenvalue weighted by atomic mass is 10.1. The van der Waals surface area contributed by atoms with Crippen molar-refractivity contribution in [3.63, 3.8) is 0 Å². The van der Waals surface area contributed by atoms with Crippen LogP contribution in [0.1, 0.15) is 17.1 Å². The molecule has 0 aliphatic heterocycles. The lowest BCUT2D eigenvalue weighted by molar-refractivity contribution is 0.515. The molecule has 3 heterocycles. The van der Waals surface area contributed by atoms with Crippen LogP contribution in [0.15, 0.2) is 59.7 Å². The summed E-state index contributed by atoms with van der Waals surface area (Å²) in [7, 11) is 0. The fourth-order valence-corrected chi connectivity index (χ4v) is 3.20. The van der Waals surface area contributed by atoms with Gasteiger partial charge in [-0.1, -0.05) is 6.07 Å². The number of H-pyrrole nitrogens is 1. The maximum Gasteiger partial charge on any atom is 0.248 e. The van der Waals surface area contributed by atoms with Gasteiger partial charge in [-0.25, -0.2) is 18.7 Å². The van der Waals surface area contributed by atoms with Crippen molar-refractivity contribution < 1.29 is 8.78 Å². The number of hydrogen-bond donors (Lipinski definition) is 1. The van der Waals surface area contributed by atoms with Gasteiger partial charge in [0, 0.05) is 30.4 Å². The molecule has 3 aromatic heterocycles. The molecule has 4 rings (SSSR count). The smallest absolute Gasteiger partial charge is 0.248 e. The number of nitrogens with zero attached hydrogens (tertiary/aromatic N) is 4. The summed E-state index contributed by atoms with van der Waals surface area (Å²) in [5, 5.41) is 0.431. The van der Waals surface area contributed by atoms with Gasteiger partial charge >= 0.3 is 0 Å². The standard InChI is InChI=1S/C21H17F2N5O/c1-13-24-9-7-18(26-13)28(12-15-4-2-3-8-25-15)11-14-10-19(29)27-21-16(14)5-6-17(22)20(21)23/h2-10H,11-12H2,1H3,(H,27,29). The van der Waals surface area contributed by atoms with Crippen LogP contribution in [-0.4, -0.2) is 19.9 Å². The van der Waals surface area contributed by atoms with Crippen LogP contribution in [0.3, 0.4) is 0 Å². The number of aromatic amines is 1. The summed E-state index contributed by atoms with van der Waals surface area (Å²) in [5.74, 6) is -0.853. The highest BCUT2D eigenvalue weighted by molar-refractivity contribution is 5.82. The zero-order valence-electron chi connectivity index (χ0n) is 15.6. The van der Waals surface area contributed by atoms with Gasteiger partial charge < -0.3 is 9.88 Å². The van der Waals surface area contributed by atoms with Gasteiger partial charge in [0.05, 0.1) is 17.8 Å². The number of nitrogens with one attached hydrogen (secondary N) is 1. The Bertz CT molecular complexity index is 1230. The highest BCUT2D eigenvalue weighted by Crippen LogP contribution is 2.24. The molecule has 0 aliphatic rings. The van der Waals surface area contributed by atoms with Crippen molar-refractivity contribution in [1.29, 1.82) is 0 Å². The number of aromatic nitrogens is 4. The van der Waals surface area contributed by atoms with Gasteiger partial charge in [-0.2, -0.15) is 0 Å². The zero-order chi connectivity index (χ0) is 20.4. The van der Waals surface area contributed by atoms with E-state index in [9.17, 15) is 13.6 Å². The molecule has 0 fully saturated rings. The first kappa shape index (κ1) is 18.7. The van der Waals surface area contributed by atoms with E-state index in [2.05, 4.69) is 19.9 Å².